The summed E-state index contributed by atoms with van der Waals surface area (Å²) in [6.07, 6.45) is 2.37. The molecule has 25 heavy (non-hydrogen) atoms. The number of carbonyl (C=O) groups is 1. The Morgan fingerprint density at radius 3 is 2.36 bits per heavy atom. The van der Waals surface area contributed by atoms with Gasteiger partial charge in [0.1, 0.15) is 11.5 Å². The Bertz CT molecular complexity index is 704. The van der Waals surface area contributed by atoms with Crippen LogP contribution in [0.4, 0.5) is 21.5 Å². The van der Waals surface area contributed by atoms with Crippen molar-refractivity contribution >= 4 is 47.8 Å². The van der Waals surface area contributed by atoms with Crippen molar-refractivity contribution in [2.45, 2.75) is 19.3 Å². The largest absolute Gasteiger partial charge is 0.399 e. The van der Waals surface area contributed by atoms with E-state index in [1.165, 1.54) is 6.07 Å². The van der Waals surface area contributed by atoms with Crippen LogP contribution in [0.1, 0.15) is 18.4 Å². The molecule has 0 unspecified atom stereocenters. The zero-order valence-electron chi connectivity index (χ0n) is 13.7. The molecule has 1 aliphatic heterocycles. The SMILES string of the molecule is Cl.Cl.Nc1ccc(CC(=O)Nc2c(F)cccc2N2CCCC2)cc1. The molecule has 1 amide bonds. The summed E-state index contributed by atoms with van der Waals surface area (Å²) in [5.41, 5.74) is 8.16. The number of nitrogen functional groups attached to an aromatic ring is 1. The first-order valence-electron chi connectivity index (χ1n) is 7.81. The normalized spacial score (nSPS) is 12.9. The van der Waals surface area contributed by atoms with Gasteiger partial charge in [-0.05, 0) is 42.7 Å². The molecule has 0 spiro atoms. The van der Waals surface area contributed by atoms with Crippen molar-refractivity contribution in [1.29, 1.82) is 0 Å². The summed E-state index contributed by atoms with van der Waals surface area (Å²) in [6.45, 7) is 1.79. The molecule has 1 aliphatic rings. The second-order valence-corrected chi connectivity index (χ2v) is 5.79. The van der Waals surface area contributed by atoms with Gasteiger partial charge in [-0.1, -0.05) is 18.2 Å². The van der Waals surface area contributed by atoms with E-state index in [1.54, 1.807) is 30.3 Å². The van der Waals surface area contributed by atoms with Crippen LogP contribution < -0.4 is 16.0 Å². The third-order valence-electron chi connectivity index (χ3n) is 4.05. The molecule has 0 bridgehead atoms. The van der Waals surface area contributed by atoms with Gasteiger partial charge in [0, 0.05) is 18.8 Å². The molecule has 1 saturated heterocycles. The molecule has 0 radical (unpaired) electrons. The Balaban J connectivity index is 0.00000156. The number of amides is 1. The zero-order valence-corrected chi connectivity index (χ0v) is 15.3. The van der Waals surface area contributed by atoms with Crippen LogP contribution >= 0.6 is 24.8 Å². The van der Waals surface area contributed by atoms with E-state index in [-0.39, 0.29) is 42.8 Å². The molecule has 3 N–H and O–H groups in total. The summed E-state index contributed by atoms with van der Waals surface area (Å²) in [4.78, 5) is 14.4. The fourth-order valence-electron chi connectivity index (χ4n) is 2.86. The minimum absolute atomic E-state index is 0. The van der Waals surface area contributed by atoms with Gasteiger partial charge in [0.15, 0.2) is 0 Å². The van der Waals surface area contributed by atoms with Crippen LogP contribution in [-0.4, -0.2) is 19.0 Å². The van der Waals surface area contributed by atoms with E-state index in [0.717, 1.165) is 37.2 Å². The van der Waals surface area contributed by atoms with E-state index in [2.05, 4.69) is 10.2 Å². The molecule has 0 atom stereocenters. The number of carbonyl (C=O) groups excluding carboxylic acids is 1. The maximum Gasteiger partial charge on any atom is 0.228 e. The van der Waals surface area contributed by atoms with Crippen molar-refractivity contribution in [2.75, 3.05) is 29.0 Å². The predicted octanol–water partition coefficient (Wildman–Crippen LogP) is 4.03. The highest BCUT2D eigenvalue weighted by Crippen LogP contribution is 2.31. The second-order valence-electron chi connectivity index (χ2n) is 5.79. The lowest BCUT2D eigenvalue weighted by Crippen LogP contribution is -2.22. The molecule has 0 saturated carbocycles. The van der Waals surface area contributed by atoms with Gasteiger partial charge in [-0.15, -0.1) is 24.8 Å². The van der Waals surface area contributed by atoms with Crippen molar-refractivity contribution in [1.82, 2.24) is 0 Å². The first-order valence-corrected chi connectivity index (χ1v) is 7.81. The molecule has 1 heterocycles. The predicted molar refractivity (Wildman–Crippen MR) is 106 cm³/mol. The Kier molecular flexibility index (Phi) is 8.00. The van der Waals surface area contributed by atoms with Crippen LogP contribution in [0.3, 0.4) is 0 Å². The zero-order chi connectivity index (χ0) is 16.2. The summed E-state index contributed by atoms with van der Waals surface area (Å²) in [7, 11) is 0. The topological polar surface area (TPSA) is 58.4 Å². The van der Waals surface area contributed by atoms with Gasteiger partial charge in [-0.3, -0.25) is 4.79 Å². The van der Waals surface area contributed by atoms with Gasteiger partial charge in [0.05, 0.1) is 12.1 Å². The van der Waals surface area contributed by atoms with Crippen molar-refractivity contribution in [3.63, 3.8) is 0 Å². The number of rotatable bonds is 4. The molecule has 2 aromatic rings. The van der Waals surface area contributed by atoms with Crippen LogP contribution in [0, 0.1) is 5.82 Å². The first-order chi connectivity index (χ1) is 11.1. The fraction of sp³-hybridized carbons (Fsp3) is 0.278. The molecule has 0 aliphatic carbocycles. The number of nitrogens with one attached hydrogen (secondary N) is 1. The number of halogens is 3. The van der Waals surface area contributed by atoms with Crippen LogP contribution in [0.15, 0.2) is 42.5 Å². The van der Waals surface area contributed by atoms with E-state index < -0.39 is 5.82 Å². The number of anilines is 3. The molecule has 136 valence electrons. The van der Waals surface area contributed by atoms with Crippen molar-refractivity contribution < 1.29 is 9.18 Å². The van der Waals surface area contributed by atoms with E-state index in [0.29, 0.717) is 5.69 Å². The van der Waals surface area contributed by atoms with E-state index in [9.17, 15) is 9.18 Å². The fourth-order valence-corrected chi connectivity index (χ4v) is 2.86. The standard InChI is InChI=1S/C18H20FN3O.2ClH/c19-15-4-3-5-16(22-10-1-2-11-22)18(15)21-17(23)12-13-6-8-14(20)9-7-13;;/h3-9H,1-2,10-12,20H2,(H,21,23);2*1H. The average Bonchev–Trinajstić information content (AvgIpc) is 3.06. The van der Waals surface area contributed by atoms with Gasteiger partial charge in [-0.2, -0.15) is 0 Å². The van der Waals surface area contributed by atoms with Gasteiger partial charge in [0.25, 0.3) is 0 Å². The summed E-state index contributed by atoms with van der Waals surface area (Å²) < 4.78 is 14.2. The maximum absolute atomic E-state index is 14.2. The lowest BCUT2D eigenvalue weighted by atomic mass is 10.1. The van der Waals surface area contributed by atoms with E-state index >= 15 is 0 Å². The van der Waals surface area contributed by atoms with E-state index in [1.807, 2.05) is 6.07 Å². The van der Waals surface area contributed by atoms with Crippen LogP contribution in [0.2, 0.25) is 0 Å². The Morgan fingerprint density at radius 1 is 1.08 bits per heavy atom. The molecule has 0 aromatic heterocycles. The Morgan fingerprint density at radius 2 is 1.72 bits per heavy atom. The first kappa shape index (κ1) is 21.1. The van der Waals surface area contributed by atoms with E-state index in [4.69, 9.17) is 5.73 Å². The van der Waals surface area contributed by atoms with Gasteiger partial charge >= 0.3 is 0 Å². The summed E-state index contributed by atoms with van der Waals surface area (Å²) in [5, 5.41) is 2.73. The molecular weight excluding hydrogens is 364 g/mol. The van der Waals surface area contributed by atoms with Crippen molar-refractivity contribution in [2.24, 2.45) is 0 Å². The third kappa shape index (κ3) is 5.25. The Hall–Kier alpha value is -1.98. The quantitative estimate of drug-likeness (QED) is 0.780. The highest BCUT2D eigenvalue weighted by molar-refractivity contribution is 5.95. The summed E-state index contributed by atoms with van der Waals surface area (Å²) in [5.74, 6) is -0.639. The van der Waals surface area contributed by atoms with Gasteiger partial charge in [0.2, 0.25) is 5.91 Å². The smallest absolute Gasteiger partial charge is 0.228 e. The molecular formula is C18H22Cl2FN3O. The van der Waals surface area contributed by atoms with Crippen LogP contribution in [0.25, 0.3) is 0 Å². The Labute approximate surface area is 159 Å². The van der Waals surface area contributed by atoms with Crippen LogP contribution in [0.5, 0.6) is 0 Å². The number of benzene rings is 2. The van der Waals surface area contributed by atoms with Gasteiger partial charge < -0.3 is 16.0 Å². The highest BCUT2D eigenvalue weighted by Gasteiger charge is 2.19. The lowest BCUT2D eigenvalue weighted by molar-refractivity contribution is -0.115. The van der Waals surface area contributed by atoms with Gasteiger partial charge in [-0.25, -0.2) is 4.39 Å². The minimum Gasteiger partial charge on any atom is -0.399 e. The van der Waals surface area contributed by atoms with Crippen molar-refractivity contribution in [3.05, 3.63) is 53.8 Å². The van der Waals surface area contributed by atoms with Crippen LogP contribution in [-0.2, 0) is 11.2 Å². The average molecular weight is 386 g/mol. The molecule has 1 fully saturated rings. The number of hydrogen-bond acceptors (Lipinski definition) is 3. The number of hydrogen-bond donors (Lipinski definition) is 2. The molecule has 4 nitrogen and oxygen atoms in total. The lowest BCUT2D eigenvalue weighted by Gasteiger charge is -2.22. The minimum atomic E-state index is -0.403. The summed E-state index contributed by atoms with van der Waals surface area (Å²) in [6, 6.07) is 12.0. The number of nitrogens with two attached hydrogens (primary N) is 1. The second kappa shape index (κ2) is 9.49. The molecule has 2 aromatic carbocycles. The molecule has 7 heteroatoms. The van der Waals surface area contributed by atoms with Crippen molar-refractivity contribution in [3.8, 4) is 0 Å². The number of nitrogens with zero attached hydrogens (tertiary/aromatic N) is 1. The number of para-hydroxylation sites is 1. The summed E-state index contributed by atoms with van der Waals surface area (Å²) >= 11 is 0. The maximum atomic E-state index is 14.2. The highest BCUT2D eigenvalue weighted by atomic mass is 35.5. The monoisotopic (exact) mass is 385 g/mol. The third-order valence-corrected chi connectivity index (χ3v) is 4.05. The molecule has 3 rings (SSSR count).